The van der Waals surface area contributed by atoms with Crippen molar-refractivity contribution in [2.24, 2.45) is 0 Å². The smallest absolute Gasteiger partial charge is 0.310 e. The molecule has 1 rings (SSSR count). The second kappa shape index (κ2) is 6.47. The van der Waals surface area contributed by atoms with Crippen LogP contribution in [0.2, 0.25) is 0 Å². The molecule has 0 radical (unpaired) electrons. The zero-order chi connectivity index (χ0) is 14.4. The maximum atomic E-state index is 11.4. The van der Waals surface area contributed by atoms with Gasteiger partial charge in [0.25, 0.3) is 5.69 Å². The van der Waals surface area contributed by atoms with Crippen molar-refractivity contribution in [2.45, 2.75) is 20.0 Å². The molecule has 0 saturated heterocycles. The molecule has 0 heterocycles. The standard InChI is InChI=1S/C12H12N2O5/c1-2-19-12(16)5-8-3-9(6-13)10(7-15)4-11(8)14(17)18/h3-4,15H,2,5,7H2,1H3. The van der Waals surface area contributed by atoms with Gasteiger partial charge in [-0.2, -0.15) is 5.26 Å². The fourth-order valence-corrected chi connectivity index (χ4v) is 1.59. The van der Waals surface area contributed by atoms with Crippen molar-refractivity contribution >= 4 is 11.7 Å². The summed E-state index contributed by atoms with van der Waals surface area (Å²) in [6, 6.07) is 4.16. The molecule has 0 atom stereocenters. The van der Waals surface area contributed by atoms with Gasteiger partial charge in [0.15, 0.2) is 0 Å². The van der Waals surface area contributed by atoms with Crippen molar-refractivity contribution in [3.8, 4) is 6.07 Å². The van der Waals surface area contributed by atoms with Gasteiger partial charge in [0.2, 0.25) is 0 Å². The summed E-state index contributed by atoms with van der Waals surface area (Å²) < 4.78 is 4.72. The molecule has 1 N–H and O–H groups in total. The van der Waals surface area contributed by atoms with Gasteiger partial charge >= 0.3 is 5.97 Å². The molecule has 7 heteroatoms. The molecular weight excluding hydrogens is 252 g/mol. The van der Waals surface area contributed by atoms with Crippen molar-refractivity contribution in [1.29, 1.82) is 5.26 Å². The van der Waals surface area contributed by atoms with E-state index in [4.69, 9.17) is 15.1 Å². The van der Waals surface area contributed by atoms with E-state index in [1.54, 1.807) is 6.92 Å². The third-order valence-electron chi connectivity index (χ3n) is 2.43. The Kier molecular flexibility index (Phi) is 4.97. The van der Waals surface area contributed by atoms with Gasteiger partial charge in [-0.3, -0.25) is 14.9 Å². The lowest BCUT2D eigenvalue weighted by molar-refractivity contribution is -0.385. The molecule has 0 aliphatic carbocycles. The highest BCUT2D eigenvalue weighted by molar-refractivity contribution is 5.74. The van der Waals surface area contributed by atoms with Crippen LogP contribution in [0.25, 0.3) is 0 Å². The van der Waals surface area contributed by atoms with Crippen LogP contribution in [0.15, 0.2) is 12.1 Å². The summed E-state index contributed by atoms with van der Waals surface area (Å²) in [7, 11) is 0. The molecule has 0 aromatic heterocycles. The fourth-order valence-electron chi connectivity index (χ4n) is 1.59. The first-order chi connectivity index (χ1) is 9.03. The van der Waals surface area contributed by atoms with Crippen LogP contribution in [-0.4, -0.2) is 22.6 Å². The normalized spacial score (nSPS) is 9.74. The number of aliphatic hydroxyl groups is 1. The van der Waals surface area contributed by atoms with Gasteiger partial charge in [0.1, 0.15) is 0 Å². The zero-order valence-corrected chi connectivity index (χ0v) is 10.3. The Labute approximate surface area is 109 Å². The van der Waals surface area contributed by atoms with Crippen LogP contribution in [0.3, 0.4) is 0 Å². The Morgan fingerprint density at radius 1 is 1.53 bits per heavy atom. The summed E-state index contributed by atoms with van der Waals surface area (Å²) in [6.07, 6.45) is -0.287. The first-order valence-corrected chi connectivity index (χ1v) is 5.50. The minimum Gasteiger partial charge on any atom is -0.466 e. The number of benzene rings is 1. The first-order valence-electron chi connectivity index (χ1n) is 5.50. The van der Waals surface area contributed by atoms with E-state index in [-0.39, 0.29) is 35.4 Å². The lowest BCUT2D eigenvalue weighted by atomic mass is 10.0. The quantitative estimate of drug-likeness (QED) is 0.483. The van der Waals surface area contributed by atoms with E-state index in [9.17, 15) is 14.9 Å². The van der Waals surface area contributed by atoms with Crippen LogP contribution in [0.4, 0.5) is 5.69 Å². The van der Waals surface area contributed by atoms with Gasteiger partial charge in [-0.05, 0) is 13.0 Å². The molecule has 19 heavy (non-hydrogen) atoms. The number of rotatable bonds is 5. The maximum absolute atomic E-state index is 11.4. The molecule has 0 bridgehead atoms. The average molecular weight is 264 g/mol. The van der Waals surface area contributed by atoms with Crippen LogP contribution >= 0.6 is 0 Å². The number of ether oxygens (including phenoxy) is 1. The summed E-state index contributed by atoms with van der Waals surface area (Å²) in [6.45, 7) is 1.32. The molecule has 0 fully saturated rings. The van der Waals surface area contributed by atoms with Crippen molar-refractivity contribution < 1.29 is 19.6 Å². The van der Waals surface area contributed by atoms with E-state index in [1.807, 2.05) is 6.07 Å². The van der Waals surface area contributed by atoms with Gasteiger partial charge in [-0.1, -0.05) is 0 Å². The Balaban J connectivity index is 3.24. The number of carbonyl (C=O) groups excluding carboxylic acids is 1. The van der Waals surface area contributed by atoms with E-state index >= 15 is 0 Å². The highest BCUT2D eigenvalue weighted by Gasteiger charge is 2.20. The molecule has 0 aliphatic rings. The molecule has 0 amide bonds. The fraction of sp³-hybridized carbons (Fsp3) is 0.333. The summed E-state index contributed by atoms with van der Waals surface area (Å²) in [5.74, 6) is -0.605. The molecule has 1 aromatic carbocycles. The zero-order valence-electron chi connectivity index (χ0n) is 10.3. The van der Waals surface area contributed by atoms with Crippen LogP contribution < -0.4 is 0 Å². The van der Waals surface area contributed by atoms with E-state index in [0.717, 1.165) is 6.07 Å². The minimum absolute atomic E-state index is 0.0946. The summed E-state index contributed by atoms with van der Waals surface area (Å²) in [4.78, 5) is 21.6. The molecule has 7 nitrogen and oxygen atoms in total. The molecule has 1 aromatic rings. The van der Waals surface area contributed by atoms with Gasteiger partial charge in [-0.25, -0.2) is 0 Å². The largest absolute Gasteiger partial charge is 0.466 e. The predicted octanol–water partition coefficient (Wildman–Crippen LogP) is 1.06. The Bertz CT molecular complexity index is 548. The van der Waals surface area contributed by atoms with Crippen LogP contribution in [0.5, 0.6) is 0 Å². The van der Waals surface area contributed by atoms with Crippen molar-refractivity contribution in [3.63, 3.8) is 0 Å². The number of hydrogen-bond donors (Lipinski definition) is 1. The molecule has 100 valence electrons. The van der Waals surface area contributed by atoms with E-state index in [0.29, 0.717) is 0 Å². The number of nitrogens with zero attached hydrogens (tertiary/aromatic N) is 2. The number of nitriles is 1. The van der Waals surface area contributed by atoms with Crippen LogP contribution in [-0.2, 0) is 22.6 Å². The van der Waals surface area contributed by atoms with E-state index in [2.05, 4.69) is 0 Å². The molecular formula is C12H12N2O5. The third-order valence-corrected chi connectivity index (χ3v) is 2.43. The monoisotopic (exact) mass is 264 g/mol. The van der Waals surface area contributed by atoms with E-state index in [1.165, 1.54) is 6.07 Å². The van der Waals surface area contributed by atoms with Gasteiger partial charge < -0.3 is 9.84 Å². The van der Waals surface area contributed by atoms with E-state index < -0.39 is 17.5 Å². The molecule has 0 aliphatic heterocycles. The number of nitro benzene ring substituents is 1. The van der Waals surface area contributed by atoms with Crippen LogP contribution in [0.1, 0.15) is 23.6 Å². The third kappa shape index (κ3) is 3.50. The average Bonchev–Trinajstić information content (AvgIpc) is 2.38. The second-order valence-electron chi connectivity index (χ2n) is 3.65. The predicted molar refractivity (Wildman–Crippen MR) is 64.1 cm³/mol. The van der Waals surface area contributed by atoms with Crippen LogP contribution in [0, 0.1) is 21.4 Å². The SMILES string of the molecule is CCOC(=O)Cc1cc(C#N)c(CO)cc1[N+](=O)[O-]. The minimum atomic E-state index is -0.658. The molecule has 0 spiro atoms. The lowest BCUT2D eigenvalue weighted by Crippen LogP contribution is -2.10. The molecule has 0 saturated carbocycles. The molecule has 0 unspecified atom stereocenters. The number of hydrogen-bond acceptors (Lipinski definition) is 6. The Hall–Kier alpha value is -2.46. The number of esters is 1. The van der Waals surface area contributed by atoms with Crippen molar-refractivity contribution in [1.82, 2.24) is 0 Å². The highest BCUT2D eigenvalue weighted by atomic mass is 16.6. The first kappa shape index (κ1) is 14.6. The lowest BCUT2D eigenvalue weighted by Gasteiger charge is -2.06. The topological polar surface area (TPSA) is 113 Å². The second-order valence-corrected chi connectivity index (χ2v) is 3.65. The summed E-state index contributed by atoms with van der Waals surface area (Å²) in [5, 5.41) is 28.9. The number of aliphatic hydroxyl groups excluding tert-OH is 1. The Morgan fingerprint density at radius 3 is 2.68 bits per heavy atom. The van der Waals surface area contributed by atoms with Gasteiger partial charge in [0, 0.05) is 17.2 Å². The maximum Gasteiger partial charge on any atom is 0.310 e. The van der Waals surface area contributed by atoms with Crippen molar-refractivity contribution in [3.05, 3.63) is 38.9 Å². The Morgan fingerprint density at radius 2 is 2.21 bits per heavy atom. The van der Waals surface area contributed by atoms with Gasteiger partial charge in [0.05, 0.1) is 36.2 Å². The summed E-state index contributed by atoms with van der Waals surface area (Å²) >= 11 is 0. The number of carbonyl (C=O) groups is 1. The highest BCUT2D eigenvalue weighted by Crippen LogP contribution is 2.24. The van der Waals surface area contributed by atoms with Crippen molar-refractivity contribution in [2.75, 3.05) is 6.61 Å². The summed E-state index contributed by atoms with van der Waals surface area (Å²) in [5.41, 5.74) is 0.0440. The number of nitro groups is 1. The van der Waals surface area contributed by atoms with Gasteiger partial charge in [-0.15, -0.1) is 0 Å².